The molecule has 25 unspecified atom stereocenters. The van der Waals surface area contributed by atoms with E-state index in [9.17, 15) is 26.7 Å². The maximum atomic E-state index is 13.6. The summed E-state index contributed by atoms with van der Waals surface area (Å²) in [7, 11) is 75.5. The number of aldehydes is 1. The van der Waals surface area contributed by atoms with Crippen molar-refractivity contribution in [3.63, 3.8) is 0 Å². The third kappa shape index (κ3) is 35.4. The van der Waals surface area contributed by atoms with Crippen LogP contribution in [0.1, 0.15) is 10.4 Å². The van der Waals surface area contributed by atoms with Crippen LogP contribution in [0.25, 0.3) is 11.3 Å². The molecule has 90 heavy (non-hydrogen) atoms. The van der Waals surface area contributed by atoms with Crippen LogP contribution >= 0.6 is 356 Å². The van der Waals surface area contributed by atoms with Gasteiger partial charge in [-0.2, -0.15) is 0 Å². The molecule has 60 heteroatoms. The van der Waals surface area contributed by atoms with Gasteiger partial charge in [-0.25, -0.2) is 26.9 Å². The van der Waals surface area contributed by atoms with Crippen LogP contribution in [0.5, 0.6) is 11.5 Å². The summed E-state index contributed by atoms with van der Waals surface area (Å²) in [5.74, 6) is -4.11. The van der Waals surface area contributed by atoms with Gasteiger partial charge in [0.15, 0.2) is 23.7 Å². The van der Waals surface area contributed by atoms with E-state index in [1.165, 1.54) is 18.5 Å². The van der Waals surface area contributed by atoms with Gasteiger partial charge < -0.3 is 34.1 Å². The van der Waals surface area contributed by atoms with E-state index in [1.807, 2.05) is 0 Å². The van der Waals surface area contributed by atoms with Gasteiger partial charge in [-0.05, 0) is 182 Å². The first-order valence-corrected chi connectivity index (χ1v) is 101. The Balaban J connectivity index is 0.000000471. The molecule has 2 aliphatic heterocycles. The second-order valence-corrected chi connectivity index (χ2v) is 190. The van der Waals surface area contributed by atoms with Gasteiger partial charge in [0.1, 0.15) is 40.6 Å². The van der Waals surface area contributed by atoms with E-state index in [-0.39, 0.29) is 180 Å². The average molecular weight is 2060 g/mol. The lowest BCUT2D eigenvalue weighted by Crippen LogP contribution is -2.38. The van der Waals surface area contributed by atoms with E-state index >= 15 is 0 Å². The largest absolute Gasteiger partial charge is 0.491 e. The number of aliphatic hydroxyl groups excluding tert-OH is 1. The molecule has 3 N–H and O–H groups in total. The molecule has 0 saturated carbocycles. The molecule has 2 aliphatic rings. The predicted octanol–water partition coefficient (Wildman–Crippen LogP) is 28.5. The fraction of sp³-hybridized carbons (Fsp3) is 0.233. The zero-order valence-electron chi connectivity index (χ0n) is 46.6. The summed E-state index contributed by atoms with van der Waals surface area (Å²) in [5, 5.41) is 25.7. The maximum absolute atomic E-state index is 13.6. The van der Waals surface area contributed by atoms with Crippen molar-refractivity contribution in [2.45, 2.75) is 12.2 Å². The van der Waals surface area contributed by atoms with Crippen molar-refractivity contribution in [3.05, 3.63) is 101 Å². The van der Waals surface area contributed by atoms with E-state index in [1.54, 1.807) is 12.1 Å². The summed E-state index contributed by atoms with van der Waals surface area (Å²) in [6, 6.07) is 9.39. The predicted molar refractivity (Wildman–Crippen MR) is 519 cm³/mol. The lowest BCUT2D eigenvalue weighted by molar-refractivity contribution is -0.0936. The Kier molecular flexibility index (Phi) is 60.4. The molecule has 0 spiro atoms. The highest BCUT2D eigenvalue weighted by atomic mass is 35.5. The zero-order chi connectivity index (χ0) is 68.8. The topological polar surface area (TPSA) is 140 Å². The van der Waals surface area contributed by atoms with Gasteiger partial charge in [-0.1, -0.05) is 19.6 Å². The number of halogens is 6. The number of aromatic nitrogens is 2. The smallest absolute Gasteiger partial charge is 0.488 e. The molecule has 0 aliphatic carbocycles. The molecule has 25 atom stereocenters. The Morgan fingerprint density at radius 1 is 0.556 bits per heavy atom. The van der Waals surface area contributed by atoms with Crippen LogP contribution in [-0.4, -0.2) is 84.3 Å². The molecule has 10 nitrogen and oxygen atoms in total. The van der Waals surface area contributed by atoms with Crippen molar-refractivity contribution in [2.24, 2.45) is 0 Å². The Hall–Kier alpha value is 14.3. The van der Waals surface area contributed by atoms with Gasteiger partial charge in [0.05, 0.1) is 44.8 Å². The highest BCUT2D eigenvalue weighted by Crippen LogP contribution is 3.44. The molecule has 2 saturated heterocycles. The van der Waals surface area contributed by atoms with Crippen LogP contribution in [0.15, 0.2) is 60.9 Å². The first-order valence-electron chi connectivity index (χ1n) is 23.2. The number of carbonyl (C=O) groups excluding carboxylic acids is 1. The van der Waals surface area contributed by atoms with Crippen molar-refractivity contribution in [3.8, 4) is 22.8 Å². The minimum Gasteiger partial charge on any atom is -0.491 e. The number of methoxy groups -OCH3 is 1. The average Bonchev–Trinajstić information content (AvgIpc) is 0.760. The number of hydrogen-bond donors (Lipinski definition) is 3. The van der Waals surface area contributed by atoms with Crippen LogP contribution in [0.3, 0.4) is 0 Å². The van der Waals surface area contributed by atoms with Crippen molar-refractivity contribution in [1.82, 2.24) is 9.97 Å². The zero-order valence-corrected chi connectivity index (χ0v) is 91.7. The molecule has 4 heterocycles. The van der Waals surface area contributed by atoms with Gasteiger partial charge in [0, 0.05) is 30.1 Å². The standard InChI is InChI=1S/C15H11F2NO3.C7H7BF2O3.C5H3ClFN.C3H6O2.H45P43/c16-13-3-9(4-14(17)12(13)6-19)15-5-10(1-2-18-15)21-11-7-20-8-11;1-13-7-5(9)2-4(8(11)12)3-6(7)10;6-5-3-4(7)1-2-8-5;4-3-1-5-2-3;1-23-34(22)40(35(24(2)3)25(4)5)43(41(36(26(6)7)27(8)9)37(28(10)11)29(12)13)42(38(30(14)15)31(16)17)39(32(18)19)33(20)21/h1-6,11H,7-8H2;2-3,11-12H,1H3;1-3H;3-4H,1-2H2;23H,1-22H2. The molecular formula is C30H72BClF5N2O8P43. The van der Waals surface area contributed by atoms with E-state index in [0.717, 1.165) is 45.4 Å². The van der Waals surface area contributed by atoms with Gasteiger partial charge in [0.2, 0.25) is 0 Å². The number of carbonyl (C=O) groups is 1. The molecule has 0 amide bonds. The van der Waals surface area contributed by atoms with Crippen LogP contribution in [0, 0.1) is 29.1 Å². The summed E-state index contributed by atoms with van der Waals surface area (Å²) in [6.07, 6.45) is 2.80. The third-order valence-corrected chi connectivity index (χ3v) is 303. The fourth-order valence-corrected chi connectivity index (χ4v) is 601. The molecule has 6 rings (SSSR count). The van der Waals surface area contributed by atoms with E-state index in [2.05, 4.69) is 216 Å². The first kappa shape index (κ1) is 100. The Bertz CT molecular complexity index is 2570. The lowest BCUT2D eigenvalue weighted by atomic mass is 9.80. The van der Waals surface area contributed by atoms with Crippen LogP contribution < -0.4 is 14.9 Å². The van der Waals surface area contributed by atoms with E-state index in [0.29, 0.717) is 37.9 Å². The number of pyridine rings is 2. The lowest BCUT2D eigenvalue weighted by Gasteiger charge is -2.56. The fourth-order valence-electron chi connectivity index (χ4n) is 5.95. The second-order valence-electron chi connectivity index (χ2n) is 16.2. The van der Waals surface area contributed by atoms with E-state index < -0.39 is 41.7 Å². The molecule has 4 aromatic rings. The summed E-state index contributed by atoms with van der Waals surface area (Å²) in [5.41, 5.74) is -0.234. The van der Waals surface area contributed by atoms with Crippen LogP contribution in [0.2, 0.25) is 5.15 Å². The van der Waals surface area contributed by atoms with Crippen molar-refractivity contribution < 1.29 is 60.8 Å². The second kappa shape index (κ2) is 54.2. The molecule has 2 aromatic carbocycles. The molecule has 2 aromatic heterocycles. The number of hydrogen-bond acceptors (Lipinski definition) is 10. The summed E-state index contributed by atoms with van der Waals surface area (Å²) < 4.78 is 84.7. The Labute approximate surface area is 608 Å². The number of ether oxygens (including phenoxy) is 4. The Morgan fingerprint density at radius 3 is 1.20 bits per heavy atom. The molecule has 510 valence electrons. The quantitative estimate of drug-likeness (QED) is 0.0183. The third-order valence-electron chi connectivity index (χ3n) is 9.64. The molecule has 0 bridgehead atoms. The summed E-state index contributed by atoms with van der Waals surface area (Å²) in [4.78, 5) is 18.2. The summed E-state index contributed by atoms with van der Waals surface area (Å²) in [6.45, 7) is 0.0914. The van der Waals surface area contributed by atoms with Crippen LogP contribution in [-0.2, 0) is 9.47 Å². The number of aliphatic hydroxyl groups is 1. The number of nitrogens with zero attached hydrogens (tertiary/aromatic N) is 2. The monoisotopic (exact) mass is 2060 g/mol. The molecular weight excluding hydrogens is 1990 g/mol. The number of rotatable bonds is 26. The van der Waals surface area contributed by atoms with E-state index in [4.69, 9.17) is 36.2 Å². The van der Waals surface area contributed by atoms with Crippen molar-refractivity contribution in [2.75, 3.05) is 33.5 Å². The summed E-state index contributed by atoms with van der Waals surface area (Å²) >= 11 is 5.29. The highest BCUT2D eigenvalue weighted by Gasteiger charge is 2.56. The molecule has 2 fully saturated rings. The number of benzene rings is 2. The van der Waals surface area contributed by atoms with Gasteiger partial charge >= 0.3 is 7.12 Å². The maximum Gasteiger partial charge on any atom is 0.488 e. The van der Waals surface area contributed by atoms with Gasteiger partial charge in [-0.15, -0.1) is 196 Å². The first-order chi connectivity index (χ1) is 42.0. The minimum absolute atomic E-state index is 0.00818. The van der Waals surface area contributed by atoms with Gasteiger partial charge in [-0.3, -0.25) is 9.78 Å². The van der Waals surface area contributed by atoms with Gasteiger partial charge in [0.25, 0.3) is 0 Å². The van der Waals surface area contributed by atoms with Crippen molar-refractivity contribution >= 4 is 375 Å². The van der Waals surface area contributed by atoms with Crippen molar-refractivity contribution in [1.29, 1.82) is 0 Å². The highest BCUT2D eigenvalue weighted by molar-refractivity contribution is 9.49. The SMILES string of the molecule is COc1c(F)cc(B(O)O)cc1F.Fc1ccnc(Cl)c1.O=Cc1c(F)cc(-c2cc(OC3COC3)ccn2)cc1F.OC1COC1.PPP(P)P(P(P(P)P)P(P)P)P(P(P(P(P)P)P(P)P)P(P(P)P)P(P)P)P(P(P(P)P)P(P)P)P(P(P)P)P(P)P. The van der Waals surface area contributed by atoms with Crippen LogP contribution in [0.4, 0.5) is 22.0 Å². The normalized spacial score (nSPS) is 14.7. The Morgan fingerprint density at radius 2 is 0.922 bits per heavy atom. The molecule has 0 radical (unpaired) electrons. The minimum atomic E-state index is -1.89.